The summed E-state index contributed by atoms with van der Waals surface area (Å²) in [5.41, 5.74) is 8.03. The number of rotatable bonds is 3. The molecule has 0 saturated carbocycles. The van der Waals surface area contributed by atoms with Crippen molar-refractivity contribution >= 4 is 17.4 Å². The van der Waals surface area contributed by atoms with Crippen molar-refractivity contribution in [2.45, 2.75) is 6.92 Å². The van der Waals surface area contributed by atoms with Gasteiger partial charge in [0.2, 0.25) is 0 Å². The molecule has 3 rings (SSSR count). The Labute approximate surface area is 132 Å². The fourth-order valence-corrected chi connectivity index (χ4v) is 2.09. The normalized spacial score (nSPS) is 10.3. The molecule has 0 atom stereocenters. The van der Waals surface area contributed by atoms with Gasteiger partial charge in [-0.1, -0.05) is 12.1 Å². The zero-order valence-corrected chi connectivity index (χ0v) is 12.4. The number of benzene rings is 1. The number of carbonyl (C=O) groups excluding carboxylic acids is 1. The number of hydrogen-bond donors (Lipinski definition) is 2. The number of anilines is 2. The summed E-state index contributed by atoms with van der Waals surface area (Å²) in [7, 11) is 0. The van der Waals surface area contributed by atoms with Gasteiger partial charge in [0.25, 0.3) is 5.91 Å². The minimum atomic E-state index is -0.411. The molecule has 3 aromatic rings. The smallest absolute Gasteiger partial charge is 0.278 e. The van der Waals surface area contributed by atoms with Crippen LogP contribution >= 0.6 is 0 Å². The van der Waals surface area contributed by atoms with Crippen LogP contribution in [0.5, 0.6) is 0 Å². The van der Waals surface area contributed by atoms with E-state index in [-0.39, 0.29) is 11.5 Å². The number of nitrogen functional groups attached to an aromatic ring is 1. The number of nitrogens with two attached hydrogens (primary N) is 1. The average molecular weight is 306 g/mol. The SMILES string of the molecule is Cc1nccc(-c2cccc(NC(=O)c3nccnc3N)c2)n1. The lowest BCUT2D eigenvalue weighted by atomic mass is 10.1. The Kier molecular flexibility index (Phi) is 3.92. The number of amides is 1. The maximum Gasteiger partial charge on any atom is 0.278 e. The summed E-state index contributed by atoms with van der Waals surface area (Å²) in [6, 6.07) is 9.17. The van der Waals surface area contributed by atoms with Gasteiger partial charge in [0.05, 0.1) is 5.69 Å². The Morgan fingerprint density at radius 2 is 1.91 bits per heavy atom. The topological polar surface area (TPSA) is 107 Å². The molecule has 7 heteroatoms. The molecule has 0 aliphatic heterocycles. The highest BCUT2D eigenvalue weighted by molar-refractivity contribution is 6.05. The predicted molar refractivity (Wildman–Crippen MR) is 86.6 cm³/mol. The van der Waals surface area contributed by atoms with Crippen molar-refractivity contribution in [3.05, 3.63) is 60.4 Å². The number of aromatic nitrogens is 4. The van der Waals surface area contributed by atoms with Crippen LogP contribution in [0.3, 0.4) is 0 Å². The van der Waals surface area contributed by atoms with E-state index in [0.29, 0.717) is 11.5 Å². The third-order valence-electron chi connectivity index (χ3n) is 3.13. The summed E-state index contributed by atoms with van der Waals surface area (Å²) in [6.07, 6.45) is 4.55. The van der Waals surface area contributed by atoms with E-state index in [0.717, 1.165) is 11.3 Å². The molecule has 0 unspecified atom stereocenters. The Hall–Kier alpha value is -3.35. The van der Waals surface area contributed by atoms with Crippen LogP contribution in [0, 0.1) is 6.92 Å². The molecule has 2 aromatic heterocycles. The molecule has 7 nitrogen and oxygen atoms in total. The number of nitrogens with one attached hydrogen (secondary N) is 1. The van der Waals surface area contributed by atoms with E-state index in [4.69, 9.17) is 5.73 Å². The second-order valence-electron chi connectivity index (χ2n) is 4.81. The molecule has 0 fully saturated rings. The minimum Gasteiger partial charge on any atom is -0.382 e. The largest absolute Gasteiger partial charge is 0.382 e. The number of carbonyl (C=O) groups is 1. The van der Waals surface area contributed by atoms with Crippen LogP contribution in [0.25, 0.3) is 11.3 Å². The summed E-state index contributed by atoms with van der Waals surface area (Å²) in [5, 5.41) is 2.76. The fraction of sp³-hybridized carbons (Fsp3) is 0.0625. The maximum absolute atomic E-state index is 12.2. The summed E-state index contributed by atoms with van der Waals surface area (Å²) >= 11 is 0. The lowest BCUT2D eigenvalue weighted by molar-refractivity contribution is 0.102. The van der Waals surface area contributed by atoms with Gasteiger partial charge >= 0.3 is 0 Å². The van der Waals surface area contributed by atoms with E-state index in [2.05, 4.69) is 25.3 Å². The van der Waals surface area contributed by atoms with E-state index in [1.54, 1.807) is 12.3 Å². The first-order valence-electron chi connectivity index (χ1n) is 6.91. The lowest BCUT2D eigenvalue weighted by Crippen LogP contribution is -2.16. The van der Waals surface area contributed by atoms with E-state index in [1.807, 2.05) is 31.2 Å². The second kappa shape index (κ2) is 6.18. The van der Waals surface area contributed by atoms with Gasteiger partial charge in [-0.25, -0.2) is 19.9 Å². The van der Waals surface area contributed by atoms with Crippen molar-refractivity contribution in [1.82, 2.24) is 19.9 Å². The Morgan fingerprint density at radius 3 is 2.70 bits per heavy atom. The number of nitrogens with zero attached hydrogens (tertiary/aromatic N) is 4. The molecule has 0 aliphatic carbocycles. The molecule has 2 heterocycles. The molecule has 0 spiro atoms. The summed E-state index contributed by atoms with van der Waals surface area (Å²) in [4.78, 5) is 28.5. The number of hydrogen-bond acceptors (Lipinski definition) is 6. The van der Waals surface area contributed by atoms with E-state index >= 15 is 0 Å². The molecule has 0 bridgehead atoms. The van der Waals surface area contributed by atoms with E-state index < -0.39 is 5.91 Å². The third kappa shape index (κ3) is 3.29. The standard InChI is InChI=1S/C16H14N6O/c1-10-18-6-5-13(21-10)11-3-2-4-12(9-11)22-16(23)14-15(17)20-8-7-19-14/h2-9H,1H3,(H2,17,20)(H,22,23). The molecule has 23 heavy (non-hydrogen) atoms. The molecule has 1 aromatic carbocycles. The highest BCUT2D eigenvalue weighted by atomic mass is 16.1. The minimum absolute atomic E-state index is 0.0904. The zero-order chi connectivity index (χ0) is 16.2. The van der Waals surface area contributed by atoms with Crippen LogP contribution in [0.2, 0.25) is 0 Å². The molecule has 0 saturated heterocycles. The summed E-state index contributed by atoms with van der Waals surface area (Å²) < 4.78 is 0. The van der Waals surface area contributed by atoms with Crippen LogP contribution in [-0.2, 0) is 0 Å². The molecule has 0 radical (unpaired) electrons. The van der Waals surface area contributed by atoms with Gasteiger partial charge in [-0.05, 0) is 25.1 Å². The Morgan fingerprint density at radius 1 is 1.09 bits per heavy atom. The quantitative estimate of drug-likeness (QED) is 0.767. The van der Waals surface area contributed by atoms with Crippen LogP contribution < -0.4 is 11.1 Å². The van der Waals surface area contributed by atoms with Crippen molar-refractivity contribution in [3.63, 3.8) is 0 Å². The lowest BCUT2D eigenvalue weighted by Gasteiger charge is -2.08. The average Bonchev–Trinajstić information content (AvgIpc) is 2.55. The van der Waals surface area contributed by atoms with Crippen LogP contribution in [0.1, 0.15) is 16.3 Å². The van der Waals surface area contributed by atoms with Crippen molar-refractivity contribution < 1.29 is 4.79 Å². The second-order valence-corrected chi connectivity index (χ2v) is 4.81. The van der Waals surface area contributed by atoms with Crippen molar-refractivity contribution in [2.75, 3.05) is 11.1 Å². The van der Waals surface area contributed by atoms with Gasteiger partial charge in [0.1, 0.15) is 5.82 Å². The highest BCUT2D eigenvalue weighted by Crippen LogP contribution is 2.21. The third-order valence-corrected chi connectivity index (χ3v) is 3.13. The molecular formula is C16H14N6O. The molecule has 0 aliphatic rings. The van der Waals surface area contributed by atoms with E-state index in [9.17, 15) is 4.79 Å². The first-order chi connectivity index (χ1) is 11.1. The van der Waals surface area contributed by atoms with Crippen molar-refractivity contribution in [1.29, 1.82) is 0 Å². The first kappa shape index (κ1) is 14.6. The van der Waals surface area contributed by atoms with Gasteiger partial charge in [0.15, 0.2) is 11.5 Å². The monoisotopic (exact) mass is 306 g/mol. The number of aryl methyl sites for hydroxylation is 1. The van der Waals surface area contributed by atoms with Gasteiger partial charge in [-0.15, -0.1) is 0 Å². The first-order valence-corrected chi connectivity index (χ1v) is 6.91. The van der Waals surface area contributed by atoms with Gasteiger partial charge in [-0.3, -0.25) is 4.79 Å². The maximum atomic E-state index is 12.2. The highest BCUT2D eigenvalue weighted by Gasteiger charge is 2.12. The van der Waals surface area contributed by atoms with Crippen LogP contribution in [0.4, 0.5) is 11.5 Å². The fourth-order valence-electron chi connectivity index (χ4n) is 2.09. The van der Waals surface area contributed by atoms with Crippen LogP contribution in [-0.4, -0.2) is 25.8 Å². The zero-order valence-electron chi connectivity index (χ0n) is 12.4. The van der Waals surface area contributed by atoms with Crippen LogP contribution in [0.15, 0.2) is 48.9 Å². The predicted octanol–water partition coefficient (Wildman–Crippen LogP) is 2.08. The van der Waals surface area contributed by atoms with E-state index in [1.165, 1.54) is 12.4 Å². The summed E-state index contributed by atoms with van der Waals surface area (Å²) in [6.45, 7) is 1.83. The Balaban J connectivity index is 1.86. The van der Waals surface area contributed by atoms with Crippen molar-refractivity contribution in [3.8, 4) is 11.3 Å². The molecule has 1 amide bonds. The summed E-state index contributed by atoms with van der Waals surface area (Å²) in [5.74, 6) is 0.364. The molecule has 3 N–H and O–H groups in total. The van der Waals surface area contributed by atoms with Gasteiger partial charge < -0.3 is 11.1 Å². The van der Waals surface area contributed by atoms with Gasteiger partial charge in [-0.2, -0.15) is 0 Å². The van der Waals surface area contributed by atoms with Gasteiger partial charge in [0, 0.05) is 29.8 Å². The Bertz CT molecular complexity index is 864. The molecular weight excluding hydrogens is 292 g/mol. The van der Waals surface area contributed by atoms with Crippen molar-refractivity contribution in [2.24, 2.45) is 0 Å². The molecule has 114 valence electrons.